The maximum absolute atomic E-state index is 11.9. The van der Waals surface area contributed by atoms with Crippen LogP contribution in [0, 0.1) is 0 Å². The SMILES string of the molecule is COC(=O)C1Oc2ccccc2Cc2ccc(Br)cc2O1. The lowest BCUT2D eigenvalue weighted by atomic mass is 10.0. The predicted molar refractivity (Wildman–Crippen MR) is 80.5 cm³/mol. The molecule has 0 saturated heterocycles. The zero-order chi connectivity index (χ0) is 14.8. The average Bonchev–Trinajstić information content (AvgIpc) is 2.47. The van der Waals surface area contributed by atoms with Gasteiger partial charge >= 0.3 is 12.3 Å². The van der Waals surface area contributed by atoms with Gasteiger partial charge in [0.1, 0.15) is 11.5 Å². The number of ether oxygens (including phenoxy) is 3. The number of esters is 1. The van der Waals surface area contributed by atoms with Crippen LogP contribution in [-0.2, 0) is 16.0 Å². The topological polar surface area (TPSA) is 44.8 Å². The zero-order valence-corrected chi connectivity index (χ0v) is 12.9. The summed E-state index contributed by atoms with van der Waals surface area (Å²) in [5.41, 5.74) is 1.99. The Hall–Kier alpha value is -2.01. The lowest BCUT2D eigenvalue weighted by Gasteiger charge is -2.24. The Balaban J connectivity index is 2.09. The van der Waals surface area contributed by atoms with E-state index in [1.807, 2.05) is 42.5 Å². The van der Waals surface area contributed by atoms with Crippen molar-refractivity contribution in [2.45, 2.75) is 12.7 Å². The molecule has 108 valence electrons. The number of carbonyl (C=O) groups excluding carboxylic acids is 1. The van der Waals surface area contributed by atoms with E-state index in [4.69, 9.17) is 14.2 Å². The molecule has 0 amide bonds. The van der Waals surface area contributed by atoms with Gasteiger partial charge in [0.2, 0.25) is 0 Å². The first-order chi connectivity index (χ1) is 10.2. The van der Waals surface area contributed by atoms with E-state index in [2.05, 4.69) is 15.9 Å². The number of hydrogen-bond donors (Lipinski definition) is 0. The summed E-state index contributed by atoms with van der Waals surface area (Å²) in [6.45, 7) is 0. The van der Waals surface area contributed by atoms with Crippen molar-refractivity contribution >= 4 is 21.9 Å². The second-order valence-corrected chi connectivity index (χ2v) is 5.54. The van der Waals surface area contributed by atoms with Crippen molar-refractivity contribution in [3.8, 4) is 11.5 Å². The van der Waals surface area contributed by atoms with Gasteiger partial charge in [-0.1, -0.05) is 40.2 Å². The third kappa shape index (κ3) is 2.88. The molecule has 5 heteroatoms. The van der Waals surface area contributed by atoms with E-state index in [-0.39, 0.29) is 0 Å². The van der Waals surface area contributed by atoms with Gasteiger partial charge in [-0.2, -0.15) is 0 Å². The van der Waals surface area contributed by atoms with E-state index in [0.717, 1.165) is 15.6 Å². The normalized spacial score (nSPS) is 16.4. The molecule has 0 bridgehead atoms. The van der Waals surface area contributed by atoms with Gasteiger partial charge in [-0.25, -0.2) is 4.79 Å². The van der Waals surface area contributed by atoms with Crippen molar-refractivity contribution < 1.29 is 19.0 Å². The highest BCUT2D eigenvalue weighted by atomic mass is 79.9. The minimum absolute atomic E-state index is 0.572. The summed E-state index contributed by atoms with van der Waals surface area (Å²) in [6, 6.07) is 13.3. The van der Waals surface area contributed by atoms with Crippen LogP contribution in [0.3, 0.4) is 0 Å². The summed E-state index contributed by atoms with van der Waals surface area (Å²) >= 11 is 3.40. The predicted octanol–water partition coefficient (Wildman–Crippen LogP) is 3.31. The third-order valence-electron chi connectivity index (χ3n) is 3.24. The van der Waals surface area contributed by atoms with Crippen molar-refractivity contribution in [1.82, 2.24) is 0 Å². The Morgan fingerprint density at radius 2 is 1.86 bits per heavy atom. The standard InChI is InChI=1S/C16H13BrO4/c1-19-15(18)16-20-13-5-3-2-4-10(13)8-11-6-7-12(17)9-14(11)21-16/h2-7,9,16H,8H2,1H3. The molecule has 4 nitrogen and oxygen atoms in total. The zero-order valence-electron chi connectivity index (χ0n) is 11.3. The Kier molecular flexibility index (Phi) is 3.84. The minimum atomic E-state index is -1.12. The average molecular weight is 349 g/mol. The number of hydrogen-bond acceptors (Lipinski definition) is 4. The molecule has 3 rings (SSSR count). The van der Waals surface area contributed by atoms with Gasteiger partial charge in [0, 0.05) is 10.9 Å². The largest absolute Gasteiger partial charge is 0.463 e. The highest BCUT2D eigenvalue weighted by molar-refractivity contribution is 9.10. The van der Waals surface area contributed by atoms with E-state index in [9.17, 15) is 4.79 Å². The van der Waals surface area contributed by atoms with Gasteiger partial charge in [0.15, 0.2) is 0 Å². The molecule has 1 aliphatic rings. The fourth-order valence-corrected chi connectivity index (χ4v) is 2.54. The van der Waals surface area contributed by atoms with Crippen LogP contribution in [0.5, 0.6) is 11.5 Å². The molecule has 0 N–H and O–H groups in total. The fourth-order valence-electron chi connectivity index (χ4n) is 2.20. The summed E-state index contributed by atoms with van der Waals surface area (Å²) in [5, 5.41) is 0. The van der Waals surface area contributed by atoms with E-state index >= 15 is 0 Å². The molecule has 0 fully saturated rings. The summed E-state index contributed by atoms with van der Waals surface area (Å²) in [4.78, 5) is 11.9. The van der Waals surface area contributed by atoms with E-state index < -0.39 is 12.3 Å². The van der Waals surface area contributed by atoms with Crippen LogP contribution in [0.2, 0.25) is 0 Å². The number of para-hydroxylation sites is 1. The summed E-state index contributed by atoms with van der Waals surface area (Å²) < 4.78 is 17.0. The third-order valence-corrected chi connectivity index (χ3v) is 3.74. The molecule has 0 aliphatic carbocycles. The van der Waals surface area contributed by atoms with Crippen LogP contribution in [0.1, 0.15) is 11.1 Å². The summed E-state index contributed by atoms with van der Waals surface area (Å²) in [7, 11) is 1.31. The van der Waals surface area contributed by atoms with E-state index in [1.165, 1.54) is 7.11 Å². The molecule has 0 saturated carbocycles. The van der Waals surface area contributed by atoms with Gasteiger partial charge in [0.05, 0.1) is 7.11 Å². The van der Waals surface area contributed by atoms with Crippen LogP contribution in [-0.4, -0.2) is 19.4 Å². The van der Waals surface area contributed by atoms with Gasteiger partial charge in [0.25, 0.3) is 0 Å². The van der Waals surface area contributed by atoms with Crippen molar-refractivity contribution in [2.75, 3.05) is 7.11 Å². The smallest absolute Gasteiger partial charge is 0.389 e. The van der Waals surface area contributed by atoms with Gasteiger partial charge < -0.3 is 14.2 Å². The second kappa shape index (κ2) is 5.77. The molecule has 0 radical (unpaired) electrons. The fraction of sp³-hybridized carbons (Fsp3) is 0.188. The van der Waals surface area contributed by atoms with Crippen LogP contribution < -0.4 is 9.47 Å². The molecule has 2 aromatic rings. The van der Waals surface area contributed by atoms with Crippen LogP contribution in [0.4, 0.5) is 0 Å². The first-order valence-electron chi connectivity index (χ1n) is 6.45. The lowest BCUT2D eigenvalue weighted by molar-refractivity contribution is -0.162. The molecule has 1 heterocycles. The number of carbonyl (C=O) groups is 1. The molecular weight excluding hydrogens is 336 g/mol. The number of fused-ring (bicyclic) bond motifs is 2. The van der Waals surface area contributed by atoms with Gasteiger partial charge in [-0.3, -0.25) is 0 Å². The van der Waals surface area contributed by atoms with Crippen molar-refractivity contribution in [3.05, 3.63) is 58.1 Å². The summed E-state index contributed by atoms with van der Waals surface area (Å²) in [5.74, 6) is 0.661. The molecule has 1 unspecified atom stereocenters. The second-order valence-electron chi connectivity index (χ2n) is 4.63. The monoisotopic (exact) mass is 348 g/mol. The minimum Gasteiger partial charge on any atom is -0.463 e. The molecular formula is C16H13BrO4. The number of benzene rings is 2. The molecule has 2 aromatic carbocycles. The molecule has 0 aromatic heterocycles. The van der Waals surface area contributed by atoms with E-state index in [0.29, 0.717) is 17.9 Å². The molecule has 21 heavy (non-hydrogen) atoms. The van der Waals surface area contributed by atoms with Crippen molar-refractivity contribution in [2.24, 2.45) is 0 Å². The van der Waals surface area contributed by atoms with Crippen LogP contribution in [0.25, 0.3) is 0 Å². The van der Waals surface area contributed by atoms with Crippen molar-refractivity contribution in [1.29, 1.82) is 0 Å². The Bertz CT molecular complexity index is 684. The summed E-state index contributed by atoms with van der Waals surface area (Å²) in [6.07, 6.45) is -0.448. The Labute approximate surface area is 130 Å². The highest BCUT2D eigenvalue weighted by Gasteiger charge is 2.27. The lowest BCUT2D eigenvalue weighted by Crippen LogP contribution is -2.35. The maximum atomic E-state index is 11.9. The molecule has 0 spiro atoms. The Morgan fingerprint density at radius 3 is 2.67 bits per heavy atom. The van der Waals surface area contributed by atoms with Gasteiger partial charge in [-0.15, -0.1) is 0 Å². The number of halogens is 1. The van der Waals surface area contributed by atoms with E-state index in [1.54, 1.807) is 0 Å². The van der Waals surface area contributed by atoms with Crippen LogP contribution >= 0.6 is 15.9 Å². The molecule has 1 aliphatic heterocycles. The Morgan fingerprint density at radius 1 is 1.14 bits per heavy atom. The quantitative estimate of drug-likeness (QED) is 0.741. The highest BCUT2D eigenvalue weighted by Crippen LogP contribution is 2.32. The molecule has 1 atom stereocenters. The number of methoxy groups -OCH3 is 1. The first-order valence-corrected chi connectivity index (χ1v) is 7.24. The van der Waals surface area contributed by atoms with Crippen LogP contribution in [0.15, 0.2) is 46.9 Å². The van der Waals surface area contributed by atoms with Crippen molar-refractivity contribution in [3.63, 3.8) is 0 Å². The maximum Gasteiger partial charge on any atom is 0.389 e. The van der Waals surface area contributed by atoms with Gasteiger partial charge in [-0.05, 0) is 29.3 Å². The first kappa shape index (κ1) is 13.9. The number of rotatable bonds is 1.